The zero-order chi connectivity index (χ0) is 21.3. The smallest absolute Gasteiger partial charge is 0.251 e. The number of amides is 2. The van der Waals surface area contributed by atoms with Crippen LogP contribution < -0.4 is 10.6 Å². The number of sulfone groups is 1. The van der Waals surface area contributed by atoms with Gasteiger partial charge in [0.1, 0.15) is 12.6 Å². The molecule has 2 rings (SSSR count). The van der Waals surface area contributed by atoms with Crippen LogP contribution in [0.15, 0.2) is 54.6 Å². The first kappa shape index (κ1) is 21.6. The first-order chi connectivity index (χ1) is 13.9. The summed E-state index contributed by atoms with van der Waals surface area (Å²) < 4.78 is 25.3. The molecule has 0 heterocycles. The fourth-order valence-electron chi connectivity index (χ4n) is 2.57. The molecule has 0 bridgehead atoms. The number of hydrogen-bond acceptors (Lipinski definition) is 6. The van der Waals surface area contributed by atoms with E-state index in [9.17, 15) is 18.0 Å². The van der Waals surface area contributed by atoms with Gasteiger partial charge in [0.25, 0.3) is 5.91 Å². The molecular weight excluding hydrogens is 392 g/mol. The highest BCUT2D eigenvalue weighted by Crippen LogP contribution is 2.13. The third-order valence-corrected chi connectivity index (χ3v) is 5.53. The van der Waals surface area contributed by atoms with Crippen molar-refractivity contribution in [1.29, 1.82) is 10.5 Å². The van der Waals surface area contributed by atoms with Crippen molar-refractivity contribution in [3.63, 3.8) is 0 Å². The predicted octanol–water partition coefficient (Wildman–Crippen LogP) is 0.911. The van der Waals surface area contributed by atoms with Gasteiger partial charge in [0.05, 0.1) is 29.2 Å². The normalized spacial score (nSPS) is 11.5. The van der Waals surface area contributed by atoms with Crippen molar-refractivity contribution in [2.24, 2.45) is 0 Å². The van der Waals surface area contributed by atoms with Gasteiger partial charge < -0.3 is 10.6 Å². The van der Waals surface area contributed by atoms with Crippen LogP contribution in [0.2, 0.25) is 0 Å². The van der Waals surface area contributed by atoms with E-state index in [1.165, 1.54) is 24.3 Å². The predicted molar refractivity (Wildman–Crippen MR) is 105 cm³/mol. The minimum Gasteiger partial charge on any atom is -0.341 e. The topological polar surface area (TPSA) is 140 Å². The lowest BCUT2D eigenvalue weighted by Crippen LogP contribution is -2.50. The summed E-state index contributed by atoms with van der Waals surface area (Å²) >= 11 is 0. The molecule has 8 nitrogen and oxygen atoms in total. The van der Waals surface area contributed by atoms with Crippen molar-refractivity contribution in [2.45, 2.75) is 11.8 Å². The summed E-state index contributed by atoms with van der Waals surface area (Å²) in [6.07, 6.45) is 0. The third kappa shape index (κ3) is 6.45. The molecule has 9 heteroatoms. The summed E-state index contributed by atoms with van der Waals surface area (Å²) in [5.74, 6) is -2.54. The minimum atomic E-state index is -3.87. The number of nitriles is 2. The van der Waals surface area contributed by atoms with Gasteiger partial charge in [0.2, 0.25) is 5.91 Å². The molecule has 29 heavy (non-hydrogen) atoms. The Hall–Kier alpha value is -3.69. The Kier molecular flexibility index (Phi) is 7.47. The van der Waals surface area contributed by atoms with E-state index < -0.39 is 39.2 Å². The molecule has 2 amide bonds. The standard InChI is InChI=1S/C20H18N4O4S/c21-10-11-23-20(26)18(24-19(25)15-6-2-1-3-7-15)14-29(27,28)13-17-9-5-4-8-16(17)12-22/h1-9,18H,11,13-14H2,(H,23,26)(H,24,25)/t18-/m0/s1. The highest BCUT2D eigenvalue weighted by molar-refractivity contribution is 7.90. The first-order valence-electron chi connectivity index (χ1n) is 8.55. The molecule has 0 aromatic heterocycles. The number of hydrogen-bond donors (Lipinski definition) is 2. The van der Waals surface area contributed by atoms with E-state index in [0.717, 1.165) is 0 Å². The van der Waals surface area contributed by atoms with Gasteiger partial charge in [-0.2, -0.15) is 10.5 Å². The van der Waals surface area contributed by atoms with Crippen LogP contribution in [0.3, 0.4) is 0 Å². The molecule has 0 saturated heterocycles. The van der Waals surface area contributed by atoms with Gasteiger partial charge >= 0.3 is 0 Å². The molecule has 0 fully saturated rings. The molecule has 0 radical (unpaired) electrons. The van der Waals surface area contributed by atoms with Crippen LogP contribution in [0.4, 0.5) is 0 Å². The molecule has 2 aromatic carbocycles. The Balaban J connectivity index is 2.21. The molecule has 2 aromatic rings. The van der Waals surface area contributed by atoms with E-state index in [4.69, 9.17) is 10.5 Å². The van der Waals surface area contributed by atoms with Gasteiger partial charge in [-0.15, -0.1) is 0 Å². The molecule has 148 valence electrons. The van der Waals surface area contributed by atoms with Crippen LogP contribution in [0.1, 0.15) is 21.5 Å². The van der Waals surface area contributed by atoms with Crippen LogP contribution in [0.25, 0.3) is 0 Å². The molecule has 0 spiro atoms. The Morgan fingerprint density at radius 1 is 1.00 bits per heavy atom. The number of nitrogens with zero attached hydrogens (tertiary/aromatic N) is 2. The Bertz CT molecular complexity index is 1070. The summed E-state index contributed by atoms with van der Waals surface area (Å²) in [6.45, 7) is -0.326. The first-order valence-corrected chi connectivity index (χ1v) is 10.4. The molecule has 0 aliphatic rings. The molecule has 0 saturated carbocycles. The lowest BCUT2D eigenvalue weighted by atomic mass is 10.1. The maximum absolute atomic E-state index is 12.7. The van der Waals surface area contributed by atoms with Gasteiger partial charge in [-0.05, 0) is 23.8 Å². The SMILES string of the molecule is N#CCNC(=O)[C@H](CS(=O)(=O)Cc1ccccc1C#N)NC(=O)c1ccccc1. The van der Waals surface area contributed by atoms with Crippen LogP contribution in [-0.4, -0.2) is 38.6 Å². The van der Waals surface area contributed by atoms with E-state index >= 15 is 0 Å². The molecule has 1 atom stereocenters. The quantitative estimate of drug-likeness (QED) is 0.620. The lowest BCUT2D eigenvalue weighted by molar-refractivity contribution is -0.122. The van der Waals surface area contributed by atoms with E-state index in [1.807, 2.05) is 6.07 Å². The second kappa shape index (κ2) is 10.0. The van der Waals surface area contributed by atoms with Crippen molar-refractivity contribution < 1.29 is 18.0 Å². The summed E-state index contributed by atoms with van der Waals surface area (Å²) in [4.78, 5) is 24.7. The summed E-state index contributed by atoms with van der Waals surface area (Å²) in [7, 11) is -3.87. The fraction of sp³-hybridized carbons (Fsp3) is 0.200. The number of carbonyl (C=O) groups excluding carboxylic acids is 2. The van der Waals surface area contributed by atoms with Crippen molar-refractivity contribution in [3.05, 3.63) is 71.3 Å². The Morgan fingerprint density at radius 3 is 2.31 bits per heavy atom. The van der Waals surface area contributed by atoms with Crippen molar-refractivity contribution in [1.82, 2.24) is 10.6 Å². The lowest BCUT2D eigenvalue weighted by Gasteiger charge is -2.18. The number of benzene rings is 2. The summed E-state index contributed by atoms with van der Waals surface area (Å²) in [6, 6.07) is 16.5. The van der Waals surface area contributed by atoms with Crippen LogP contribution in [0.5, 0.6) is 0 Å². The third-order valence-electron chi connectivity index (χ3n) is 3.93. The molecule has 2 N–H and O–H groups in total. The largest absolute Gasteiger partial charge is 0.341 e. The van der Waals surface area contributed by atoms with Gasteiger partial charge in [-0.3, -0.25) is 9.59 Å². The van der Waals surface area contributed by atoms with Gasteiger partial charge in [0, 0.05) is 5.56 Å². The van der Waals surface area contributed by atoms with Crippen molar-refractivity contribution in [2.75, 3.05) is 12.3 Å². The zero-order valence-electron chi connectivity index (χ0n) is 15.3. The molecule has 0 aliphatic heterocycles. The average molecular weight is 410 g/mol. The van der Waals surface area contributed by atoms with Crippen LogP contribution >= 0.6 is 0 Å². The fourth-order valence-corrected chi connectivity index (χ4v) is 4.15. The number of nitrogens with one attached hydrogen (secondary N) is 2. The van der Waals surface area contributed by atoms with Crippen LogP contribution in [-0.2, 0) is 20.4 Å². The highest BCUT2D eigenvalue weighted by Gasteiger charge is 2.28. The van der Waals surface area contributed by atoms with Crippen molar-refractivity contribution in [3.8, 4) is 12.1 Å². The van der Waals surface area contributed by atoms with Gasteiger partial charge in [-0.25, -0.2) is 8.42 Å². The van der Waals surface area contributed by atoms with Gasteiger partial charge in [-0.1, -0.05) is 36.4 Å². The van der Waals surface area contributed by atoms with E-state index in [-0.39, 0.29) is 17.7 Å². The average Bonchev–Trinajstić information content (AvgIpc) is 2.72. The van der Waals surface area contributed by atoms with Crippen LogP contribution in [0, 0.1) is 22.7 Å². The molecule has 0 unspecified atom stereocenters. The Morgan fingerprint density at radius 2 is 1.66 bits per heavy atom. The molecular formula is C20H18N4O4S. The second-order valence-electron chi connectivity index (χ2n) is 6.09. The monoisotopic (exact) mass is 410 g/mol. The maximum Gasteiger partial charge on any atom is 0.251 e. The second-order valence-corrected chi connectivity index (χ2v) is 8.20. The number of carbonyl (C=O) groups is 2. The highest BCUT2D eigenvalue weighted by atomic mass is 32.2. The van der Waals surface area contributed by atoms with Crippen molar-refractivity contribution >= 4 is 21.7 Å². The van der Waals surface area contributed by atoms with E-state index in [2.05, 4.69) is 10.6 Å². The number of rotatable bonds is 8. The van der Waals surface area contributed by atoms with E-state index in [1.54, 1.807) is 36.4 Å². The minimum absolute atomic E-state index is 0.217. The maximum atomic E-state index is 12.7. The Labute approximate surface area is 168 Å². The van der Waals surface area contributed by atoms with E-state index in [0.29, 0.717) is 5.56 Å². The molecule has 0 aliphatic carbocycles. The summed E-state index contributed by atoms with van der Waals surface area (Å²) in [5, 5.41) is 22.4. The summed E-state index contributed by atoms with van der Waals surface area (Å²) in [5.41, 5.74) is 0.785. The zero-order valence-corrected chi connectivity index (χ0v) is 16.1. The van der Waals surface area contributed by atoms with Gasteiger partial charge in [0.15, 0.2) is 9.84 Å².